The number of hydrogen-bond acceptors (Lipinski definition) is 4. The molecule has 3 rings (SSSR count). The quantitative estimate of drug-likeness (QED) is 0.268. The number of aromatic nitrogens is 2. The predicted octanol–water partition coefficient (Wildman–Crippen LogP) is 6.00. The van der Waals surface area contributed by atoms with E-state index in [1.165, 1.54) is 37.0 Å². The van der Waals surface area contributed by atoms with Crippen molar-refractivity contribution in [1.82, 2.24) is 9.97 Å². The molecule has 0 bridgehead atoms. The Bertz CT molecular complexity index is 954. The lowest BCUT2D eigenvalue weighted by molar-refractivity contribution is -0.134. The number of esters is 1. The van der Waals surface area contributed by atoms with Gasteiger partial charge in [-0.25, -0.2) is 14.4 Å². The zero-order chi connectivity index (χ0) is 20.6. The standard InChI is InChI=1S/C24H25FN2O2/c1-3-5-6-7-17-8-10-18(11-9-17)20-15-26-24(27-16-20)19-12-13-22(21(25)14-19)29-23(28)4-2/h8-16H,3-7H2,1-2H3. The van der Waals surface area contributed by atoms with Crippen molar-refractivity contribution in [2.24, 2.45) is 0 Å². The van der Waals surface area contributed by atoms with Crippen LogP contribution >= 0.6 is 0 Å². The first-order valence-electron chi connectivity index (χ1n) is 10.0. The Morgan fingerprint density at radius 3 is 2.24 bits per heavy atom. The van der Waals surface area contributed by atoms with E-state index in [-0.39, 0.29) is 12.2 Å². The molecule has 3 aromatic rings. The van der Waals surface area contributed by atoms with Crippen molar-refractivity contribution in [3.05, 3.63) is 66.2 Å². The smallest absolute Gasteiger partial charge is 0.310 e. The molecule has 0 unspecified atom stereocenters. The maximum atomic E-state index is 14.2. The van der Waals surface area contributed by atoms with Crippen LogP contribution in [0.5, 0.6) is 5.75 Å². The van der Waals surface area contributed by atoms with E-state index in [9.17, 15) is 9.18 Å². The van der Waals surface area contributed by atoms with Crippen molar-refractivity contribution in [1.29, 1.82) is 0 Å². The molecule has 5 heteroatoms. The average molecular weight is 392 g/mol. The van der Waals surface area contributed by atoms with Gasteiger partial charge in [0.25, 0.3) is 0 Å². The molecule has 4 nitrogen and oxygen atoms in total. The molecule has 0 saturated carbocycles. The minimum absolute atomic E-state index is 0.0868. The van der Waals surface area contributed by atoms with E-state index in [4.69, 9.17) is 4.74 Å². The van der Waals surface area contributed by atoms with Gasteiger partial charge >= 0.3 is 5.97 Å². The summed E-state index contributed by atoms with van der Waals surface area (Å²) in [5.74, 6) is -0.766. The fourth-order valence-corrected chi connectivity index (χ4v) is 2.99. The van der Waals surface area contributed by atoms with Crippen molar-refractivity contribution >= 4 is 5.97 Å². The predicted molar refractivity (Wildman–Crippen MR) is 112 cm³/mol. The van der Waals surface area contributed by atoms with Crippen molar-refractivity contribution in [2.45, 2.75) is 46.0 Å². The minimum Gasteiger partial charge on any atom is -0.423 e. The van der Waals surface area contributed by atoms with Crippen LogP contribution in [0.2, 0.25) is 0 Å². The number of halogens is 1. The third-order valence-corrected chi connectivity index (χ3v) is 4.71. The number of nitrogens with zero attached hydrogens (tertiary/aromatic N) is 2. The van der Waals surface area contributed by atoms with Gasteiger partial charge in [-0.05, 0) is 42.2 Å². The van der Waals surface area contributed by atoms with Gasteiger partial charge in [0.15, 0.2) is 17.4 Å². The molecule has 0 spiro atoms. The van der Waals surface area contributed by atoms with Gasteiger partial charge in [-0.2, -0.15) is 0 Å². The van der Waals surface area contributed by atoms with Crippen LogP contribution in [0.3, 0.4) is 0 Å². The normalized spacial score (nSPS) is 10.7. The van der Waals surface area contributed by atoms with E-state index in [0.717, 1.165) is 17.5 Å². The Morgan fingerprint density at radius 1 is 0.931 bits per heavy atom. The summed E-state index contributed by atoms with van der Waals surface area (Å²) < 4.78 is 19.1. The lowest BCUT2D eigenvalue weighted by atomic mass is 10.0. The number of carbonyl (C=O) groups excluding carboxylic acids is 1. The lowest BCUT2D eigenvalue weighted by Crippen LogP contribution is -2.06. The van der Waals surface area contributed by atoms with Crippen molar-refractivity contribution in [2.75, 3.05) is 0 Å². The SMILES string of the molecule is CCCCCc1ccc(-c2cnc(-c3ccc(OC(=O)CC)c(F)c3)nc2)cc1. The molecule has 0 fully saturated rings. The van der Waals surface area contributed by atoms with Crippen LogP contribution in [-0.2, 0) is 11.2 Å². The minimum atomic E-state index is -0.615. The molecule has 0 aliphatic heterocycles. The molecule has 0 radical (unpaired) electrons. The molecule has 2 aromatic carbocycles. The third kappa shape index (κ3) is 5.47. The van der Waals surface area contributed by atoms with Crippen molar-refractivity contribution in [3.8, 4) is 28.3 Å². The summed E-state index contributed by atoms with van der Waals surface area (Å²) in [5.41, 5.74) is 3.81. The second-order valence-corrected chi connectivity index (χ2v) is 6.92. The van der Waals surface area contributed by atoms with Crippen molar-refractivity contribution < 1.29 is 13.9 Å². The molecular weight excluding hydrogens is 367 g/mol. The average Bonchev–Trinajstić information content (AvgIpc) is 2.76. The zero-order valence-electron chi connectivity index (χ0n) is 16.8. The first-order valence-corrected chi connectivity index (χ1v) is 10.0. The Balaban J connectivity index is 1.71. The van der Waals surface area contributed by atoms with Crippen LogP contribution < -0.4 is 4.74 Å². The van der Waals surface area contributed by atoms with Crippen LogP contribution in [0.25, 0.3) is 22.5 Å². The van der Waals surface area contributed by atoms with Gasteiger partial charge in [0.2, 0.25) is 0 Å². The van der Waals surface area contributed by atoms with E-state index >= 15 is 0 Å². The fourth-order valence-electron chi connectivity index (χ4n) is 2.99. The fraction of sp³-hybridized carbons (Fsp3) is 0.292. The number of carbonyl (C=O) groups is 1. The number of ether oxygens (including phenoxy) is 1. The Kier molecular flexibility index (Phi) is 7.06. The highest BCUT2D eigenvalue weighted by Gasteiger charge is 2.11. The number of aryl methyl sites for hydroxylation is 1. The van der Waals surface area contributed by atoms with Gasteiger partial charge in [-0.15, -0.1) is 0 Å². The van der Waals surface area contributed by atoms with Gasteiger partial charge in [0.1, 0.15) is 0 Å². The maximum absolute atomic E-state index is 14.2. The molecule has 0 aliphatic rings. The van der Waals surface area contributed by atoms with Crippen LogP contribution in [-0.4, -0.2) is 15.9 Å². The van der Waals surface area contributed by atoms with E-state index in [1.54, 1.807) is 25.4 Å². The molecule has 150 valence electrons. The summed E-state index contributed by atoms with van der Waals surface area (Å²) >= 11 is 0. The molecular formula is C24H25FN2O2. The van der Waals surface area contributed by atoms with Gasteiger partial charge < -0.3 is 4.74 Å². The molecule has 1 aromatic heterocycles. The monoisotopic (exact) mass is 392 g/mol. The van der Waals surface area contributed by atoms with Gasteiger partial charge in [0, 0.05) is 29.9 Å². The number of hydrogen-bond donors (Lipinski definition) is 0. The van der Waals surface area contributed by atoms with Crippen LogP contribution in [0.4, 0.5) is 4.39 Å². The van der Waals surface area contributed by atoms with E-state index in [0.29, 0.717) is 11.4 Å². The topological polar surface area (TPSA) is 52.1 Å². The van der Waals surface area contributed by atoms with Gasteiger partial charge in [0.05, 0.1) is 0 Å². The highest BCUT2D eigenvalue weighted by Crippen LogP contribution is 2.25. The molecule has 0 N–H and O–H groups in total. The summed E-state index contributed by atoms with van der Waals surface area (Å²) in [6, 6.07) is 12.8. The second kappa shape index (κ2) is 9.92. The highest BCUT2D eigenvalue weighted by atomic mass is 19.1. The highest BCUT2D eigenvalue weighted by molar-refractivity contribution is 5.72. The van der Waals surface area contributed by atoms with E-state index < -0.39 is 11.8 Å². The summed E-state index contributed by atoms with van der Waals surface area (Å²) in [6.45, 7) is 3.86. The Morgan fingerprint density at radius 2 is 1.62 bits per heavy atom. The lowest BCUT2D eigenvalue weighted by Gasteiger charge is -2.07. The Hall–Kier alpha value is -3.08. The molecule has 29 heavy (non-hydrogen) atoms. The van der Waals surface area contributed by atoms with Crippen LogP contribution in [0, 0.1) is 5.82 Å². The van der Waals surface area contributed by atoms with E-state index in [2.05, 4.69) is 41.2 Å². The van der Waals surface area contributed by atoms with Gasteiger partial charge in [-0.1, -0.05) is 51.0 Å². The number of benzene rings is 2. The summed E-state index contributed by atoms with van der Waals surface area (Å²) in [4.78, 5) is 20.1. The van der Waals surface area contributed by atoms with E-state index in [1.807, 2.05) is 0 Å². The van der Waals surface area contributed by atoms with Crippen LogP contribution in [0.1, 0.15) is 45.1 Å². The largest absolute Gasteiger partial charge is 0.423 e. The first-order chi connectivity index (χ1) is 14.1. The second-order valence-electron chi connectivity index (χ2n) is 6.92. The van der Waals surface area contributed by atoms with Crippen LogP contribution in [0.15, 0.2) is 54.9 Å². The zero-order valence-corrected chi connectivity index (χ0v) is 16.8. The number of rotatable bonds is 8. The van der Waals surface area contributed by atoms with Crippen molar-refractivity contribution in [3.63, 3.8) is 0 Å². The molecule has 0 atom stereocenters. The molecule has 1 heterocycles. The first kappa shape index (κ1) is 20.6. The van der Waals surface area contributed by atoms with Gasteiger partial charge in [-0.3, -0.25) is 4.79 Å². The molecule has 0 aliphatic carbocycles. The summed E-state index contributed by atoms with van der Waals surface area (Å²) in [5, 5.41) is 0. The third-order valence-electron chi connectivity index (χ3n) is 4.71. The molecule has 0 saturated heterocycles. The summed E-state index contributed by atoms with van der Waals surface area (Å²) in [7, 11) is 0. The Labute approximate surface area is 170 Å². The summed E-state index contributed by atoms with van der Waals surface area (Å²) in [6.07, 6.45) is 8.43. The molecule has 0 amide bonds. The maximum Gasteiger partial charge on any atom is 0.310 e. The number of unbranched alkanes of at least 4 members (excludes halogenated alkanes) is 2.